The molecule has 8 heteroatoms. The second-order valence-electron chi connectivity index (χ2n) is 4.17. The lowest BCUT2D eigenvalue weighted by atomic mass is 10.2. The highest BCUT2D eigenvalue weighted by atomic mass is 16.7. The molecule has 20 heavy (non-hydrogen) atoms. The van der Waals surface area contributed by atoms with Crippen LogP contribution >= 0.6 is 0 Å². The van der Waals surface area contributed by atoms with Crippen LogP contribution in [0.3, 0.4) is 0 Å². The number of nitrogen functional groups attached to an aromatic ring is 2. The lowest BCUT2D eigenvalue weighted by molar-refractivity contribution is 0.174. The standard InChI is InChI=1S/C12H14N6O2/c13-10-11(16-5-17-12(10)18-14)15-4-7-1-2-8-9(3-7)20-6-19-8/h1-3,5H,4,6,13-14H2,(H2,15,16,17,18). The third-order valence-corrected chi connectivity index (χ3v) is 2.92. The lowest BCUT2D eigenvalue weighted by Crippen LogP contribution is -2.13. The minimum absolute atomic E-state index is 0.261. The zero-order chi connectivity index (χ0) is 13.9. The van der Waals surface area contributed by atoms with E-state index < -0.39 is 0 Å². The molecule has 1 aromatic carbocycles. The van der Waals surface area contributed by atoms with Crippen LogP contribution in [0.5, 0.6) is 11.5 Å². The molecular formula is C12H14N6O2. The summed E-state index contributed by atoms with van der Waals surface area (Å²) in [4.78, 5) is 7.99. The van der Waals surface area contributed by atoms with E-state index in [2.05, 4.69) is 20.7 Å². The van der Waals surface area contributed by atoms with Gasteiger partial charge in [0.2, 0.25) is 6.79 Å². The molecule has 0 saturated heterocycles. The fraction of sp³-hybridized carbons (Fsp3) is 0.167. The van der Waals surface area contributed by atoms with E-state index in [1.165, 1.54) is 6.33 Å². The molecule has 0 fully saturated rings. The highest BCUT2D eigenvalue weighted by Crippen LogP contribution is 2.32. The fourth-order valence-corrected chi connectivity index (χ4v) is 1.89. The zero-order valence-electron chi connectivity index (χ0n) is 10.6. The van der Waals surface area contributed by atoms with Gasteiger partial charge in [0.05, 0.1) is 0 Å². The van der Waals surface area contributed by atoms with Crippen molar-refractivity contribution < 1.29 is 9.47 Å². The first-order chi connectivity index (χ1) is 9.78. The van der Waals surface area contributed by atoms with Crippen LogP contribution in [-0.2, 0) is 6.54 Å². The van der Waals surface area contributed by atoms with Crippen LogP contribution in [0.4, 0.5) is 17.3 Å². The average Bonchev–Trinajstić information content (AvgIpc) is 2.93. The first-order valence-electron chi connectivity index (χ1n) is 5.97. The summed E-state index contributed by atoms with van der Waals surface area (Å²) in [5.41, 5.74) is 9.68. The number of anilines is 3. The molecule has 0 unspecified atom stereocenters. The third-order valence-electron chi connectivity index (χ3n) is 2.92. The van der Waals surface area contributed by atoms with E-state index in [0.29, 0.717) is 23.9 Å². The molecule has 0 aliphatic carbocycles. The molecule has 2 aromatic rings. The SMILES string of the molecule is NNc1ncnc(NCc2ccc3c(c2)OCO3)c1N. The van der Waals surface area contributed by atoms with E-state index in [4.69, 9.17) is 21.1 Å². The van der Waals surface area contributed by atoms with Gasteiger partial charge in [0, 0.05) is 6.54 Å². The van der Waals surface area contributed by atoms with Gasteiger partial charge in [-0.3, -0.25) is 0 Å². The van der Waals surface area contributed by atoms with Crippen LogP contribution in [0.25, 0.3) is 0 Å². The third kappa shape index (κ3) is 2.24. The average molecular weight is 274 g/mol. The Labute approximate surface area is 115 Å². The summed E-state index contributed by atoms with van der Waals surface area (Å²) in [6.45, 7) is 0.804. The Morgan fingerprint density at radius 1 is 1.15 bits per heavy atom. The molecule has 0 saturated carbocycles. The topological polar surface area (TPSA) is 120 Å². The number of rotatable bonds is 4. The van der Waals surface area contributed by atoms with Crippen molar-refractivity contribution in [2.75, 3.05) is 23.3 Å². The van der Waals surface area contributed by atoms with E-state index in [0.717, 1.165) is 17.1 Å². The van der Waals surface area contributed by atoms with Crippen molar-refractivity contribution >= 4 is 17.3 Å². The van der Waals surface area contributed by atoms with Gasteiger partial charge < -0.3 is 25.9 Å². The molecule has 0 spiro atoms. The van der Waals surface area contributed by atoms with Gasteiger partial charge >= 0.3 is 0 Å². The molecule has 1 aliphatic heterocycles. The normalized spacial score (nSPS) is 12.2. The predicted octanol–water partition coefficient (Wildman–Crippen LogP) is 0.685. The molecule has 0 amide bonds. The molecule has 6 N–H and O–H groups in total. The number of nitrogens with zero attached hydrogens (tertiary/aromatic N) is 2. The molecule has 2 heterocycles. The van der Waals surface area contributed by atoms with Crippen LogP contribution in [0.1, 0.15) is 5.56 Å². The zero-order valence-corrected chi connectivity index (χ0v) is 10.6. The lowest BCUT2D eigenvalue weighted by Gasteiger charge is -2.10. The van der Waals surface area contributed by atoms with Crippen molar-refractivity contribution in [1.82, 2.24) is 9.97 Å². The molecule has 0 radical (unpaired) electrons. The van der Waals surface area contributed by atoms with Crippen LogP contribution < -0.4 is 31.8 Å². The highest BCUT2D eigenvalue weighted by molar-refractivity contribution is 5.73. The molecule has 3 rings (SSSR count). The van der Waals surface area contributed by atoms with Crippen LogP contribution in [0.2, 0.25) is 0 Å². The number of hydrogen-bond donors (Lipinski definition) is 4. The molecule has 0 bridgehead atoms. The number of nitrogens with two attached hydrogens (primary N) is 2. The van der Waals surface area contributed by atoms with Crippen molar-refractivity contribution in [1.29, 1.82) is 0 Å². The van der Waals surface area contributed by atoms with Crippen LogP contribution in [-0.4, -0.2) is 16.8 Å². The number of hydrazine groups is 1. The number of fused-ring (bicyclic) bond motifs is 1. The first-order valence-corrected chi connectivity index (χ1v) is 5.97. The Balaban J connectivity index is 1.73. The number of ether oxygens (including phenoxy) is 2. The van der Waals surface area contributed by atoms with Gasteiger partial charge in [0.15, 0.2) is 23.1 Å². The summed E-state index contributed by atoms with van der Waals surface area (Å²) in [5, 5.41) is 3.13. The summed E-state index contributed by atoms with van der Waals surface area (Å²) in [6, 6.07) is 5.73. The second kappa shape index (κ2) is 5.10. The Bertz CT molecular complexity index is 633. The van der Waals surface area contributed by atoms with Crippen molar-refractivity contribution in [3.05, 3.63) is 30.1 Å². The quantitative estimate of drug-likeness (QED) is 0.474. The maximum absolute atomic E-state index is 5.87. The molecule has 0 atom stereocenters. The van der Waals surface area contributed by atoms with Crippen molar-refractivity contribution in [3.8, 4) is 11.5 Å². The summed E-state index contributed by atoms with van der Waals surface area (Å²) in [7, 11) is 0. The van der Waals surface area contributed by atoms with E-state index in [1.807, 2.05) is 18.2 Å². The fourth-order valence-electron chi connectivity index (χ4n) is 1.89. The smallest absolute Gasteiger partial charge is 0.231 e. The number of aromatic nitrogens is 2. The van der Waals surface area contributed by atoms with Gasteiger partial charge in [-0.2, -0.15) is 0 Å². The summed E-state index contributed by atoms with van der Waals surface area (Å²) < 4.78 is 10.6. The Morgan fingerprint density at radius 3 is 2.80 bits per heavy atom. The van der Waals surface area contributed by atoms with Gasteiger partial charge in [-0.05, 0) is 17.7 Å². The van der Waals surface area contributed by atoms with E-state index in [1.54, 1.807) is 0 Å². The highest BCUT2D eigenvalue weighted by Gasteiger charge is 2.13. The van der Waals surface area contributed by atoms with Gasteiger partial charge in [-0.15, -0.1) is 0 Å². The minimum Gasteiger partial charge on any atom is -0.454 e. The van der Waals surface area contributed by atoms with Gasteiger partial charge in [-0.1, -0.05) is 6.07 Å². The molecule has 1 aromatic heterocycles. The first kappa shape index (κ1) is 12.3. The molecule has 104 valence electrons. The molecule has 1 aliphatic rings. The van der Waals surface area contributed by atoms with Gasteiger partial charge in [0.25, 0.3) is 0 Å². The summed E-state index contributed by atoms with van der Waals surface area (Å²) in [5.74, 6) is 7.71. The largest absolute Gasteiger partial charge is 0.454 e. The van der Waals surface area contributed by atoms with Gasteiger partial charge in [-0.25, -0.2) is 15.8 Å². The predicted molar refractivity (Wildman–Crippen MR) is 74.1 cm³/mol. The van der Waals surface area contributed by atoms with Crippen LogP contribution in [0.15, 0.2) is 24.5 Å². The van der Waals surface area contributed by atoms with Gasteiger partial charge in [0.1, 0.15) is 12.0 Å². The van der Waals surface area contributed by atoms with Crippen molar-refractivity contribution in [2.24, 2.45) is 5.84 Å². The van der Waals surface area contributed by atoms with Crippen molar-refractivity contribution in [2.45, 2.75) is 6.54 Å². The Hall–Kier alpha value is -2.74. The summed E-state index contributed by atoms with van der Waals surface area (Å²) >= 11 is 0. The molecular weight excluding hydrogens is 260 g/mol. The minimum atomic E-state index is 0.261. The Kier molecular flexibility index (Phi) is 3.13. The number of hydrogen-bond acceptors (Lipinski definition) is 8. The van der Waals surface area contributed by atoms with E-state index >= 15 is 0 Å². The second-order valence-corrected chi connectivity index (χ2v) is 4.17. The number of benzene rings is 1. The maximum Gasteiger partial charge on any atom is 0.231 e. The van der Waals surface area contributed by atoms with Crippen LogP contribution in [0, 0.1) is 0 Å². The van der Waals surface area contributed by atoms with Crippen molar-refractivity contribution in [3.63, 3.8) is 0 Å². The monoisotopic (exact) mass is 274 g/mol. The molecule has 8 nitrogen and oxygen atoms in total. The Morgan fingerprint density at radius 2 is 1.95 bits per heavy atom. The van der Waals surface area contributed by atoms with E-state index in [-0.39, 0.29) is 6.79 Å². The maximum atomic E-state index is 5.87. The summed E-state index contributed by atoms with van der Waals surface area (Å²) in [6.07, 6.45) is 1.38. The van der Waals surface area contributed by atoms with E-state index in [9.17, 15) is 0 Å². The number of nitrogens with one attached hydrogen (secondary N) is 2.